The van der Waals surface area contributed by atoms with Crippen LogP contribution in [0.1, 0.15) is 54.4 Å². The number of amides is 4. The number of thiocarbonyl (C=S) groups is 1. The molecule has 0 spiro atoms. The molecule has 0 rings (SSSR count). The maximum atomic E-state index is 13.1. The SMILES string of the molecule is C=C(C)C[C@@H](NC(=O)[C@@H](NC(=O)[C@@H](C=S)NC(=O)[C@@H](C)N)C(C)C)C(=O)N[C@@H](CC(C)C)C(=O)S. The Morgan fingerprint density at radius 1 is 0.886 bits per heavy atom. The van der Waals surface area contributed by atoms with Crippen molar-refractivity contribution in [2.45, 2.75) is 84.6 Å². The molecule has 12 heteroatoms. The Kier molecular flexibility index (Phi) is 14.6. The van der Waals surface area contributed by atoms with Crippen LogP contribution in [0.4, 0.5) is 0 Å². The van der Waals surface area contributed by atoms with Crippen molar-refractivity contribution in [3.8, 4) is 0 Å². The molecule has 0 fully saturated rings. The Labute approximate surface area is 218 Å². The third kappa shape index (κ3) is 12.3. The van der Waals surface area contributed by atoms with Crippen LogP contribution in [0.2, 0.25) is 0 Å². The zero-order valence-electron chi connectivity index (χ0n) is 21.2. The lowest BCUT2D eigenvalue weighted by atomic mass is 10.0. The van der Waals surface area contributed by atoms with Crippen LogP contribution in [0.3, 0.4) is 0 Å². The summed E-state index contributed by atoms with van der Waals surface area (Å²) in [6, 6.07) is -4.90. The first-order chi connectivity index (χ1) is 16.1. The molecule has 0 bridgehead atoms. The van der Waals surface area contributed by atoms with Gasteiger partial charge in [-0.15, -0.1) is 19.2 Å². The highest BCUT2D eigenvalue weighted by molar-refractivity contribution is 7.96. The predicted molar refractivity (Wildman–Crippen MR) is 143 cm³/mol. The molecule has 0 aliphatic rings. The lowest BCUT2D eigenvalue weighted by Gasteiger charge is -2.27. The van der Waals surface area contributed by atoms with Crippen LogP contribution in [0.15, 0.2) is 12.2 Å². The van der Waals surface area contributed by atoms with E-state index in [2.05, 4.69) is 40.5 Å². The summed E-state index contributed by atoms with van der Waals surface area (Å²) in [7, 11) is 0. The highest BCUT2D eigenvalue weighted by Gasteiger charge is 2.32. The minimum atomic E-state index is -1.18. The van der Waals surface area contributed by atoms with Gasteiger partial charge in [0.25, 0.3) is 0 Å². The van der Waals surface area contributed by atoms with Gasteiger partial charge in [-0.05, 0) is 38.5 Å². The molecule has 10 nitrogen and oxygen atoms in total. The molecule has 35 heavy (non-hydrogen) atoms. The van der Waals surface area contributed by atoms with Crippen LogP contribution in [0.25, 0.3) is 0 Å². The predicted octanol–water partition coefficient (Wildman–Crippen LogP) is 0.397. The largest absolute Gasteiger partial charge is 0.344 e. The first-order valence-electron chi connectivity index (χ1n) is 11.4. The number of thiol groups is 1. The molecule has 0 aliphatic heterocycles. The number of rotatable bonds is 15. The lowest BCUT2D eigenvalue weighted by Crippen LogP contribution is -2.59. The van der Waals surface area contributed by atoms with Gasteiger partial charge in [0.1, 0.15) is 18.1 Å². The normalized spacial score (nSPS) is 15.3. The van der Waals surface area contributed by atoms with Crippen molar-refractivity contribution in [1.82, 2.24) is 21.3 Å². The van der Waals surface area contributed by atoms with E-state index in [1.54, 1.807) is 20.8 Å². The van der Waals surface area contributed by atoms with E-state index in [4.69, 9.17) is 18.0 Å². The summed E-state index contributed by atoms with van der Waals surface area (Å²) in [5, 5.41) is 10.8. The third-order valence-electron chi connectivity index (χ3n) is 4.88. The molecule has 0 saturated carbocycles. The second-order valence-corrected chi connectivity index (χ2v) is 10.1. The maximum absolute atomic E-state index is 13.1. The number of hydrogen-bond donors (Lipinski definition) is 6. The smallest absolute Gasteiger partial charge is 0.248 e. The van der Waals surface area contributed by atoms with E-state index in [0.29, 0.717) is 12.0 Å². The van der Waals surface area contributed by atoms with E-state index in [-0.39, 0.29) is 18.3 Å². The van der Waals surface area contributed by atoms with Crippen LogP contribution in [0, 0.1) is 11.8 Å². The molecule has 6 N–H and O–H groups in total. The van der Waals surface area contributed by atoms with Gasteiger partial charge in [0.15, 0.2) is 0 Å². The minimum Gasteiger partial charge on any atom is -0.344 e. The van der Waals surface area contributed by atoms with Crippen molar-refractivity contribution in [1.29, 1.82) is 0 Å². The summed E-state index contributed by atoms with van der Waals surface area (Å²) in [6.45, 7) is 14.2. The van der Waals surface area contributed by atoms with Crippen molar-refractivity contribution in [3.05, 3.63) is 12.2 Å². The number of nitrogens with two attached hydrogens (primary N) is 1. The second kappa shape index (κ2) is 15.6. The molecule has 0 aromatic carbocycles. The lowest BCUT2D eigenvalue weighted by molar-refractivity contribution is -0.134. The molecule has 0 aromatic rings. The van der Waals surface area contributed by atoms with Crippen LogP contribution >= 0.6 is 24.8 Å². The van der Waals surface area contributed by atoms with E-state index in [1.807, 2.05) is 13.8 Å². The molecular formula is C23H39N5O5S2. The molecule has 0 aromatic heterocycles. The molecule has 198 valence electrons. The van der Waals surface area contributed by atoms with Crippen molar-refractivity contribution < 1.29 is 24.0 Å². The zero-order chi connectivity index (χ0) is 27.5. The van der Waals surface area contributed by atoms with E-state index < -0.39 is 59.0 Å². The van der Waals surface area contributed by atoms with Crippen molar-refractivity contribution in [2.75, 3.05) is 0 Å². The highest BCUT2D eigenvalue weighted by atomic mass is 32.1. The fourth-order valence-corrected chi connectivity index (χ4v) is 3.37. The average molecular weight is 530 g/mol. The van der Waals surface area contributed by atoms with Crippen LogP contribution < -0.4 is 27.0 Å². The fraction of sp³-hybridized carbons (Fsp3) is 0.652. The molecule has 0 radical (unpaired) electrons. The summed E-state index contributed by atoms with van der Waals surface area (Å²) < 4.78 is 0. The molecule has 0 aliphatic carbocycles. The van der Waals surface area contributed by atoms with Gasteiger partial charge < -0.3 is 27.0 Å². The van der Waals surface area contributed by atoms with Crippen molar-refractivity contribution >= 4 is 59.0 Å². The Morgan fingerprint density at radius 3 is 1.83 bits per heavy atom. The molecule has 4 amide bonds. The standard InChI is InChI=1S/C23H39N5O5S2/c1-11(2)8-15(20(30)26-16(23(33)35)9-12(3)4)25-22(32)18(13(5)6)28-21(31)17(10-34)27-19(29)14(7)24/h10,12-18H,1,8-9,24H2,2-7H3,(H,25,32)(H,26,30)(H,27,29)(H,28,31)(H,33,35)/t14-,15-,16+,17-,18+/m1/s1. The number of carbonyl (C=O) groups is 5. The molecule has 0 heterocycles. The number of nitrogens with one attached hydrogen (secondary N) is 4. The Morgan fingerprint density at radius 2 is 1.43 bits per heavy atom. The molecule has 0 unspecified atom stereocenters. The summed E-state index contributed by atoms with van der Waals surface area (Å²) in [6.07, 6.45) is 0.511. The summed E-state index contributed by atoms with van der Waals surface area (Å²) in [4.78, 5) is 62.4. The Balaban J connectivity index is 5.60. The first-order valence-corrected chi connectivity index (χ1v) is 12.3. The van der Waals surface area contributed by atoms with Crippen LogP contribution in [-0.2, 0) is 24.0 Å². The maximum Gasteiger partial charge on any atom is 0.248 e. The highest BCUT2D eigenvalue weighted by Crippen LogP contribution is 2.11. The second-order valence-electron chi connectivity index (χ2n) is 9.39. The van der Waals surface area contributed by atoms with Gasteiger partial charge in [0.2, 0.25) is 28.7 Å². The van der Waals surface area contributed by atoms with Gasteiger partial charge in [-0.2, -0.15) is 0 Å². The minimum absolute atomic E-state index is 0.124. The van der Waals surface area contributed by atoms with Gasteiger partial charge in [-0.25, -0.2) is 0 Å². The Bertz CT molecular complexity index is 816. The van der Waals surface area contributed by atoms with Gasteiger partial charge in [-0.1, -0.05) is 45.5 Å². The monoisotopic (exact) mass is 529 g/mol. The van der Waals surface area contributed by atoms with Gasteiger partial charge in [0, 0.05) is 5.37 Å². The van der Waals surface area contributed by atoms with E-state index in [9.17, 15) is 24.0 Å². The molecule has 5 atom stereocenters. The number of carbonyl (C=O) groups excluding carboxylic acids is 5. The van der Waals surface area contributed by atoms with Gasteiger partial charge in [0.05, 0.1) is 12.1 Å². The first kappa shape index (κ1) is 32.7. The van der Waals surface area contributed by atoms with Gasteiger partial charge >= 0.3 is 0 Å². The Hall–Kier alpha value is -2.31. The fourth-order valence-electron chi connectivity index (χ4n) is 3.01. The molecule has 0 saturated heterocycles. The van der Waals surface area contributed by atoms with E-state index >= 15 is 0 Å². The van der Waals surface area contributed by atoms with E-state index in [1.165, 1.54) is 6.92 Å². The van der Waals surface area contributed by atoms with Crippen molar-refractivity contribution in [3.63, 3.8) is 0 Å². The van der Waals surface area contributed by atoms with Crippen molar-refractivity contribution in [2.24, 2.45) is 17.6 Å². The average Bonchev–Trinajstić information content (AvgIpc) is 2.72. The zero-order valence-corrected chi connectivity index (χ0v) is 22.9. The molecular weight excluding hydrogens is 490 g/mol. The van der Waals surface area contributed by atoms with Crippen LogP contribution in [0.5, 0.6) is 0 Å². The third-order valence-corrected chi connectivity index (χ3v) is 5.47. The van der Waals surface area contributed by atoms with E-state index in [0.717, 1.165) is 5.37 Å². The van der Waals surface area contributed by atoms with Gasteiger partial charge in [-0.3, -0.25) is 24.0 Å². The topological polar surface area (TPSA) is 159 Å². The quantitative estimate of drug-likeness (QED) is 0.102. The van der Waals surface area contributed by atoms with Crippen LogP contribution in [-0.4, -0.2) is 64.3 Å². The summed E-state index contributed by atoms with van der Waals surface area (Å²) in [5.41, 5.74) is 6.14. The summed E-state index contributed by atoms with van der Waals surface area (Å²) >= 11 is 8.70. The number of hydrogen-bond acceptors (Lipinski definition) is 7. The summed E-state index contributed by atoms with van der Waals surface area (Å²) in [5.74, 6) is -2.69.